The molecule has 0 bridgehead atoms. The van der Waals surface area contributed by atoms with Crippen LogP contribution in [-0.4, -0.2) is 12.5 Å². The Balaban J connectivity index is 1.91. The van der Waals surface area contributed by atoms with Crippen LogP contribution in [0.2, 0.25) is 15.1 Å². The molecule has 1 N–H and O–H groups in total. The monoisotopic (exact) mass is 357 g/mol. The second-order valence-corrected chi connectivity index (χ2v) is 5.98. The topological polar surface area (TPSA) is 38.3 Å². The Labute approximate surface area is 144 Å². The van der Waals surface area contributed by atoms with Crippen molar-refractivity contribution in [2.24, 2.45) is 0 Å². The number of hydrogen-bond donors (Lipinski definition) is 1. The lowest BCUT2D eigenvalue weighted by Gasteiger charge is -2.16. The Kier molecular flexibility index (Phi) is 5.95. The minimum absolute atomic E-state index is 0.133. The van der Waals surface area contributed by atoms with Gasteiger partial charge in [-0.2, -0.15) is 0 Å². The number of carbonyl (C=O) groups is 1. The maximum Gasteiger partial charge on any atom is 0.258 e. The number of rotatable bonds is 5. The summed E-state index contributed by atoms with van der Waals surface area (Å²) < 4.78 is 5.38. The van der Waals surface area contributed by atoms with Crippen molar-refractivity contribution >= 4 is 40.7 Å². The third-order valence-corrected chi connectivity index (χ3v) is 3.74. The van der Waals surface area contributed by atoms with Crippen molar-refractivity contribution in [3.05, 3.63) is 63.1 Å². The zero-order chi connectivity index (χ0) is 16.1. The summed E-state index contributed by atoms with van der Waals surface area (Å²) in [5.74, 6) is 0.182. The molecule has 0 heterocycles. The number of amides is 1. The van der Waals surface area contributed by atoms with Crippen LogP contribution in [0.4, 0.5) is 0 Å². The van der Waals surface area contributed by atoms with Gasteiger partial charge in [0.15, 0.2) is 6.61 Å². The van der Waals surface area contributed by atoms with Crippen molar-refractivity contribution in [1.82, 2.24) is 5.32 Å². The zero-order valence-electron chi connectivity index (χ0n) is 11.8. The van der Waals surface area contributed by atoms with E-state index in [0.717, 1.165) is 5.56 Å². The van der Waals surface area contributed by atoms with Gasteiger partial charge in [0, 0.05) is 15.1 Å². The normalized spacial score (nSPS) is 11.8. The summed E-state index contributed by atoms with van der Waals surface area (Å²) in [4.78, 5) is 11.9. The van der Waals surface area contributed by atoms with E-state index in [2.05, 4.69) is 5.32 Å². The molecular weight excluding hydrogens is 345 g/mol. The molecule has 0 radical (unpaired) electrons. The fourth-order valence-electron chi connectivity index (χ4n) is 1.95. The van der Waals surface area contributed by atoms with E-state index in [1.54, 1.807) is 24.3 Å². The average molecular weight is 359 g/mol. The van der Waals surface area contributed by atoms with Crippen LogP contribution >= 0.6 is 34.8 Å². The first-order chi connectivity index (χ1) is 10.5. The average Bonchev–Trinajstić information content (AvgIpc) is 2.44. The second-order valence-electron chi connectivity index (χ2n) is 4.70. The van der Waals surface area contributed by atoms with E-state index in [0.29, 0.717) is 20.8 Å². The van der Waals surface area contributed by atoms with Gasteiger partial charge in [-0.05, 0) is 36.8 Å². The lowest BCUT2D eigenvalue weighted by Crippen LogP contribution is -2.31. The highest BCUT2D eigenvalue weighted by Gasteiger charge is 2.12. The van der Waals surface area contributed by atoms with Crippen LogP contribution in [0.25, 0.3) is 0 Å². The Morgan fingerprint density at radius 2 is 1.77 bits per heavy atom. The molecule has 0 aromatic heterocycles. The molecule has 1 amide bonds. The van der Waals surface area contributed by atoms with Crippen molar-refractivity contribution in [3.8, 4) is 5.75 Å². The van der Waals surface area contributed by atoms with Gasteiger partial charge in [0.25, 0.3) is 5.91 Å². The summed E-state index contributed by atoms with van der Waals surface area (Å²) >= 11 is 17.8. The van der Waals surface area contributed by atoms with Crippen LogP contribution in [0.1, 0.15) is 18.5 Å². The molecule has 3 nitrogen and oxygen atoms in total. The van der Waals surface area contributed by atoms with Crippen LogP contribution in [0.5, 0.6) is 5.75 Å². The number of halogens is 3. The number of carbonyl (C=O) groups excluding carboxylic acids is 1. The highest BCUT2D eigenvalue weighted by atomic mass is 35.5. The van der Waals surface area contributed by atoms with Gasteiger partial charge in [0.05, 0.1) is 6.04 Å². The van der Waals surface area contributed by atoms with Crippen molar-refractivity contribution in [2.45, 2.75) is 13.0 Å². The molecule has 0 aliphatic rings. The van der Waals surface area contributed by atoms with E-state index in [1.807, 2.05) is 25.1 Å². The van der Waals surface area contributed by atoms with Gasteiger partial charge in [0.2, 0.25) is 0 Å². The standard InChI is InChI=1S/C16H14Cl3NO2/c1-10(14-4-2-3-5-15(14)19)20-16(21)9-22-13-7-11(17)6-12(18)8-13/h2-8,10H,9H2,1H3,(H,20,21)/t10-/m0/s1. The summed E-state index contributed by atoms with van der Waals surface area (Å²) in [6.45, 7) is 1.72. The second kappa shape index (κ2) is 7.73. The minimum atomic E-state index is -0.261. The van der Waals surface area contributed by atoms with Crippen molar-refractivity contribution in [2.75, 3.05) is 6.61 Å². The molecule has 0 saturated carbocycles. The molecule has 22 heavy (non-hydrogen) atoms. The molecule has 0 unspecified atom stereocenters. The third-order valence-electron chi connectivity index (χ3n) is 2.96. The van der Waals surface area contributed by atoms with Crippen molar-refractivity contribution in [3.63, 3.8) is 0 Å². The quantitative estimate of drug-likeness (QED) is 0.825. The molecule has 6 heteroatoms. The van der Waals surface area contributed by atoms with Crippen LogP contribution in [0, 0.1) is 0 Å². The van der Waals surface area contributed by atoms with Gasteiger partial charge in [-0.3, -0.25) is 4.79 Å². The first-order valence-corrected chi connectivity index (χ1v) is 7.72. The Hall–Kier alpha value is -1.42. The summed E-state index contributed by atoms with van der Waals surface area (Å²) in [7, 11) is 0. The lowest BCUT2D eigenvalue weighted by molar-refractivity contribution is -0.123. The zero-order valence-corrected chi connectivity index (χ0v) is 14.0. The molecule has 1 atom stereocenters. The van der Waals surface area contributed by atoms with Gasteiger partial charge < -0.3 is 10.1 Å². The van der Waals surface area contributed by atoms with Gasteiger partial charge in [-0.25, -0.2) is 0 Å². The molecule has 0 spiro atoms. The highest BCUT2D eigenvalue weighted by Crippen LogP contribution is 2.24. The van der Waals surface area contributed by atoms with E-state index in [4.69, 9.17) is 39.5 Å². The van der Waals surface area contributed by atoms with E-state index in [-0.39, 0.29) is 18.6 Å². The molecule has 2 rings (SSSR count). The van der Waals surface area contributed by atoms with E-state index < -0.39 is 0 Å². The molecule has 0 aliphatic carbocycles. The molecule has 0 saturated heterocycles. The number of nitrogens with one attached hydrogen (secondary N) is 1. The van der Waals surface area contributed by atoms with E-state index >= 15 is 0 Å². The van der Waals surface area contributed by atoms with Crippen LogP contribution in [0.3, 0.4) is 0 Å². The molecular formula is C16H14Cl3NO2. The molecule has 116 valence electrons. The van der Waals surface area contributed by atoms with Gasteiger partial charge in [-0.15, -0.1) is 0 Å². The number of benzene rings is 2. The molecule has 2 aromatic rings. The predicted octanol–water partition coefficient (Wildman–Crippen LogP) is 4.90. The number of hydrogen-bond acceptors (Lipinski definition) is 2. The first kappa shape index (κ1) is 16.9. The predicted molar refractivity (Wildman–Crippen MR) is 90.0 cm³/mol. The fourth-order valence-corrected chi connectivity index (χ4v) is 2.75. The minimum Gasteiger partial charge on any atom is -0.484 e. The first-order valence-electron chi connectivity index (χ1n) is 6.58. The summed E-state index contributed by atoms with van der Waals surface area (Å²) in [5.41, 5.74) is 0.850. The molecule has 2 aromatic carbocycles. The number of ether oxygens (including phenoxy) is 1. The van der Waals surface area contributed by atoms with Crippen LogP contribution in [-0.2, 0) is 4.79 Å². The fraction of sp³-hybridized carbons (Fsp3) is 0.188. The van der Waals surface area contributed by atoms with E-state index in [1.165, 1.54) is 0 Å². The van der Waals surface area contributed by atoms with E-state index in [9.17, 15) is 4.79 Å². The van der Waals surface area contributed by atoms with Gasteiger partial charge >= 0.3 is 0 Å². The summed E-state index contributed by atoms with van der Waals surface area (Å²) in [6, 6.07) is 11.9. The summed E-state index contributed by atoms with van der Waals surface area (Å²) in [5, 5.41) is 4.33. The summed E-state index contributed by atoms with van der Waals surface area (Å²) in [6.07, 6.45) is 0. The SMILES string of the molecule is C[C@H](NC(=O)COc1cc(Cl)cc(Cl)c1)c1ccccc1Cl. The Morgan fingerprint density at radius 3 is 2.41 bits per heavy atom. The van der Waals surface area contributed by atoms with Crippen LogP contribution < -0.4 is 10.1 Å². The van der Waals surface area contributed by atoms with Crippen LogP contribution in [0.15, 0.2) is 42.5 Å². The highest BCUT2D eigenvalue weighted by molar-refractivity contribution is 6.34. The van der Waals surface area contributed by atoms with Gasteiger partial charge in [-0.1, -0.05) is 53.0 Å². The molecule has 0 fully saturated rings. The third kappa shape index (κ3) is 4.80. The van der Waals surface area contributed by atoms with Gasteiger partial charge in [0.1, 0.15) is 5.75 Å². The molecule has 0 aliphatic heterocycles. The largest absolute Gasteiger partial charge is 0.484 e. The van der Waals surface area contributed by atoms with Crippen molar-refractivity contribution in [1.29, 1.82) is 0 Å². The maximum atomic E-state index is 11.9. The lowest BCUT2D eigenvalue weighted by atomic mass is 10.1. The van der Waals surface area contributed by atoms with Crippen molar-refractivity contribution < 1.29 is 9.53 Å². The Morgan fingerprint density at radius 1 is 1.14 bits per heavy atom. The maximum absolute atomic E-state index is 11.9. The Bertz CT molecular complexity index is 656. The smallest absolute Gasteiger partial charge is 0.258 e.